The molecule has 2 aromatic rings. The lowest BCUT2D eigenvalue weighted by Crippen LogP contribution is -2.29. The number of nitrogens with one attached hydrogen (secondary N) is 1. The summed E-state index contributed by atoms with van der Waals surface area (Å²) in [5, 5.41) is 12.6. The first-order valence-electron chi connectivity index (χ1n) is 6.91. The van der Waals surface area contributed by atoms with E-state index in [-0.39, 0.29) is 18.0 Å². The molecule has 2 N–H and O–H groups in total. The summed E-state index contributed by atoms with van der Waals surface area (Å²) in [6, 6.07) is 8.83. The molecule has 0 radical (unpaired) electrons. The number of aromatic nitrogens is 1. The van der Waals surface area contributed by atoms with Crippen LogP contribution < -0.4 is 10.1 Å². The molecule has 1 heterocycles. The van der Waals surface area contributed by atoms with Gasteiger partial charge in [-0.25, -0.2) is 9.37 Å². The van der Waals surface area contributed by atoms with Crippen molar-refractivity contribution in [3.63, 3.8) is 0 Å². The number of aliphatic hydroxyl groups is 1. The van der Waals surface area contributed by atoms with E-state index < -0.39 is 17.8 Å². The molecule has 1 atom stereocenters. The fourth-order valence-corrected chi connectivity index (χ4v) is 1.93. The second-order valence-electron chi connectivity index (χ2n) is 4.57. The molecule has 0 saturated heterocycles. The highest BCUT2D eigenvalue weighted by molar-refractivity contribution is 5.96. The summed E-state index contributed by atoms with van der Waals surface area (Å²) in [6.07, 6.45) is 0.537. The van der Waals surface area contributed by atoms with Crippen LogP contribution in [0.4, 0.5) is 4.39 Å². The van der Waals surface area contributed by atoms with Crippen molar-refractivity contribution >= 4 is 5.91 Å². The van der Waals surface area contributed by atoms with E-state index in [1.54, 1.807) is 25.1 Å². The van der Waals surface area contributed by atoms with Gasteiger partial charge in [-0.15, -0.1) is 0 Å². The average Bonchev–Trinajstić information content (AvgIpc) is 2.53. The highest BCUT2D eigenvalue weighted by Gasteiger charge is 2.15. The first kappa shape index (κ1) is 15.9. The molecule has 0 saturated carbocycles. The maximum absolute atomic E-state index is 13.1. The molecule has 0 spiro atoms. The molecular formula is C16H17FN2O3. The van der Waals surface area contributed by atoms with Gasteiger partial charge in [-0.1, -0.05) is 12.1 Å². The number of carbonyl (C=O) groups is 1. The monoisotopic (exact) mass is 304 g/mol. The molecule has 5 nitrogen and oxygen atoms in total. The number of carbonyl (C=O) groups excluding carboxylic acids is 1. The Morgan fingerprint density at radius 2 is 2.23 bits per heavy atom. The Morgan fingerprint density at radius 1 is 1.41 bits per heavy atom. The molecule has 2 rings (SSSR count). The molecule has 116 valence electrons. The number of benzene rings is 1. The Bertz CT molecular complexity index is 649. The maximum atomic E-state index is 13.1. The number of amides is 1. The van der Waals surface area contributed by atoms with E-state index in [2.05, 4.69) is 10.3 Å². The largest absolute Gasteiger partial charge is 0.477 e. The van der Waals surface area contributed by atoms with Crippen molar-refractivity contribution in [1.29, 1.82) is 0 Å². The minimum atomic E-state index is -0.994. The highest BCUT2D eigenvalue weighted by atomic mass is 19.1. The Hall–Kier alpha value is -2.47. The SMILES string of the molecule is CCOc1ncccc1C(=O)NCC(O)c1cccc(F)c1. The van der Waals surface area contributed by atoms with Crippen molar-refractivity contribution in [1.82, 2.24) is 10.3 Å². The first-order chi connectivity index (χ1) is 10.6. The summed E-state index contributed by atoms with van der Waals surface area (Å²) < 4.78 is 18.4. The van der Waals surface area contributed by atoms with Gasteiger partial charge < -0.3 is 15.2 Å². The van der Waals surface area contributed by atoms with E-state index in [0.717, 1.165) is 0 Å². The van der Waals surface area contributed by atoms with Crippen LogP contribution in [-0.2, 0) is 0 Å². The van der Waals surface area contributed by atoms with Gasteiger partial charge in [0, 0.05) is 12.7 Å². The Labute approximate surface area is 127 Å². The standard InChI is InChI=1S/C16H17FN2O3/c1-2-22-16-13(7-4-8-18-16)15(21)19-10-14(20)11-5-3-6-12(17)9-11/h3-9,14,20H,2,10H2,1H3,(H,19,21). The molecule has 1 amide bonds. The van der Waals surface area contributed by atoms with Crippen LogP contribution in [0.1, 0.15) is 28.9 Å². The van der Waals surface area contributed by atoms with Gasteiger partial charge in [-0.3, -0.25) is 4.79 Å². The number of hydrogen-bond donors (Lipinski definition) is 2. The van der Waals surface area contributed by atoms with Crippen LogP contribution in [0.3, 0.4) is 0 Å². The third kappa shape index (κ3) is 4.02. The predicted octanol–water partition coefficient (Wildman–Crippen LogP) is 2.08. The fourth-order valence-electron chi connectivity index (χ4n) is 1.93. The second kappa shape index (κ2) is 7.51. The van der Waals surface area contributed by atoms with Gasteiger partial charge in [-0.2, -0.15) is 0 Å². The van der Waals surface area contributed by atoms with Crippen LogP contribution in [0.25, 0.3) is 0 Å². The molecule has 1 aromatic carbocycles. The molecule has 6 heteroatoms. The van der Waals surface area contributed by atoms with Crippen LogP contribution in [0.15, 0.2) is 42.6 Å². The number of ether oxygens (including phenoxy) is 1. The second-order valence-corrected chi connectivity index (χ2v) is 4.57. The van der Waals surface area contributed by atoms with Crippen LogP contribution in [0, 0.1) is 5.82 Å². The molecular weight excluding hydrogens is 287 g/mol. The quantitative estimate of drug-likeness (QED) is 0.857. The Balaban J connectivity index is 2.01. The average molecular weight is 304 g/mol. The zero-order chi connectivity index (χ0) is 15.9. The minimum absolute atomic E-state index is 0.0389. The third-order valence-electron chi connectivity index (χ3n) is 2.99. The Kier molecular flexibility index (Phi) is 5.43. The topological polar surface area (TPSA) is 71.5 Å². The highest BCUT2D eigenvalue weighted by Crippen LogP contribution is 2.16. The van der Waals surface area contributed by atoms with Gasteiger partial charge in [0.1, 0.15) is 11.4 Å². The summed E-state index contributed by atoms with van der Waals surface area (Å²) in [5.41, 5.74) is 0.687. The summed E-state index contributed by atoms with van der Waals surface area (Å²) in [7, 11) is 0. The lowest BCUT2D eigenvalue weighted by Gasteiger charge is -2.13. The van der Waals surface area contributed by atoms with Crippen molar-refractivity contribution in [3.05, 3.63) is 59.5 Å². The van der Waals surface area contributed by atoms with Gasteiger partial charge in [-0.05, 0) is 36.8 Å². The van der Waals surface area contributed by atoms with Crippen molar-refractivity contribution in [2.75, 3.05) is 13.2 Å². The molecule has 1 aromatic heterocycles. The fraction of sp³-hybridized carbons (Fsp3) is 0.250. The van der Waals surface area contributed by atoms with Crippen LogP contribution in [0.2, 0.25) is 0 Å². The number of nitrogens with zero attached hydrogens (tertiary/aromatic N) is 1. The molecule has 0 fully saturated rings. The van der Waals surface area contributed by atoms with Gasteiger partial charge in [0.25, 0.3) is 5.91 Å². The summed E-state index contributed by atoms with van der Waals surface area (Å²) >= 11 is 0. The van der Waals surface area contributed by atoms with Crippen molar-refractivity contribution < 1.29 is 19.0 Å². The van der Waals surface area contributed by atoms with Gasteiger partial charge in [0.2, 0.25) is 5.88 Å². The Morgan fingerprint density at radius 3 is 2.95 bits per heavy atom. The minimum Gasteiger partial charge on any atom is -0.477 e. The molecule has 0 bridgehead atoms. The summed E-state index contributed by atoms with van der Waals surface area (Å²) in [5.74, 6) is -0.608. The van der Waals surface area contributed by atoms with Crippen molar-refractivity contribution in [2.24, 2.45) is 0 Å². The van der Waals surface area contributed by atoms with E-state index in [9.17, 15) is 14.3 Å². The van der Waals surface area contributed by atoms with E-state index in [0.29, 0.717) is 12.2 Å². The van der Waals surface area contributed by atoms with Crippen LogP contribution >= 0.6 is 0 Å². The van der Waals surface area contributed by atoms with Crippen LogP contribution in [-0.4, -0.2) is 29.1 Å². The molecule has 22 heavy (non-hydrogen) atoms. The summed E-state index contributed by atoms with van der Waals surface area (Å²) in [6.45, 7) is 2.15. The molecule has 0 aliphatic carbocycles. The number of rotatable bonds is 6. The normalized spacial score (nSPS) is 11.8. The molecule has 0 aliphatic rings. The number of pyridine rings is 1. The van der Waals surface area contributed by atoms with Gasteiger partial charge >= 0.3 is 0 Å². The van der Waals surface area contributed by atoms with Crippen molar-refractivity contribution in [2.45, 2.75) is 13.0 Å². The summed E-state index contributed by atoms with van der Waals surface area (Å²) in [4.78, 5) is 16.1. The number of hydrogen-bond acceptors (Lipinski definition) is 4. The number of halogens is 1. The zero-order valence-corrected chi connectivity index (χ0v) is 12.1. The lowest BCUT2D eigenvalue weighted by atomic mass is 10.1. The van der Waals surface area contributed by atoms with Crippen molar-refractivity contribution in [3.8, 4) is 5.88 Å². The molecule has 1 unspecified atom stereocenters. The van der Waals surface area contributed by atoms with Gasteiger partial charge in [0.05, 0.1) is 12.7 Å². The van der Waals surface area contributed by atoms with E-state index in [1.807, 2.05) is 0 Å². The van der Waals surface area contributed by atoms with E-state index in [4.69, 9.17) is 4.74 Å². The smallest absolute Gasteiger partial charge is 0.256 e. The third-order valence-corrected chi connectivity index (χ3v) is 2.99. The maximum Gasteiger partial charge on any atom is 0.256 e. The predicted molar refractivity (Wildman–Crippen MR) is 79.1 cm³/mol. The van der Waals surface area contributed by atoms with E-state index >= 15 is 0 Å². The van der Waals surface area contributed by atoms with E-state index in [1.165, 1.54) is 24.4 Å². The zero-order valence-electron chi connectivity index (χ0n) is 12.1. The molecule has 0 aliphatic heterocycles. The first-order valence-corrected chi connectivity index (χ1v) is 6.91. The van der Waals surface area contributed by atoms with Gasteiger partial charge in [0.15, 0.2) is 0 Å². The lowest BCUT2D eigenvalue weighted by molar-refractivity contribution is 0.0911. The number of aliphatic hydroxyl groups excluding tert-OH is 1. The van der Waals surface area contributed by atoms with Crippen LogP contribution in [0.5, 0.6) is 5.88 Å².